The molecule has 0 bridgehead atoms. The molecule has 142 valence electrons. The second-order valence-corrected chi connectivity index (χ2v) is 5.93. The molecule has 2 amide bonds. The van der Waals surface area contributed by atoms with E-state index in [2.05, 4.69) is 10.6 Å². The molecule has 0 aliphatic heterocycles. The minimum Gasteiger partial charge on any atom is -0.322 e. The Kier molecular flexibility index (Phi) is 5.44. The van der Waals surface area contributed by atoms with Crippen molar-refractivity contribution in [2.75, 3.05) is 10.6 Å². The van der Waals surface area contributed by atoms with Gasteiger partial charge in [0, 0.05) is 22.5 Å². The molecule has 0 saturated heterocycles. The summed E-state index contributed by atoms with van der Waals surface area (Å²) in [6.45, 7) is 0. The van der Waals surface area contributed by atoms with Crippen LogP contribution in [0.15, 0.2) is 78.9 Å². The number of hydrogen-bond acceptors (Lipinski definition) is 2. The van der Waals surface area contributed by atoms with Crippen molar-refractivity contribution in [1.29, 1.82) is 0 Å². The van der Waals surface area contributed by atoms with Gasteiger partial charge in [0.25, 0.3) is 11.8 Å². The van der Waals surface area contributed by atoms with Crippen LogP contribution in [-0.4, -0.2) is 11.8 Å². The zero-order valence-corrected chi connectivity index (χ0v) is 14.5. The maximum Gasteiger partial charge on any atom is 0.416 e. The number of carbonyl (C=O) groups is 2. The van der Waals surface area contributed by atoms with Crippen LogP contribution in [0.2, 0.25) is 0 Å². The van der Waals surface area contributed by atoms with Crippen LogP contribution in [0.25, 0.3) is 0 Å². The van der Waals surface area contributed by atoms with Crippen molar-refractivity contribution >= 4 is 23.2 Å². The molecule has 0 aromatic heterocycles. The lowest BCUT2D eigenvalue weighted by Gasteiger charge is -2.10. The Morgan fingerprint density at radius 3 is 1.79 bits per heavy atom. The largest absolute Gasteiger partial charge is 0.416 e. The molecule has 0 heterocycles. The topological polar surface area (TPSA) is 58.2 Å². The Bertz CT molecular complexity index is 1000. The van der Waals surface area contributed by atoms with Gasteiger partial charge in [-0.2, -0.15) is 13.2 Å². The van der Waals surface area contributed by atoms with Gasteiger partial charge in [-0.1, -0.05) is 30.3 Å². The summed E-state index contributed by atoms with van der Waals surface area (Å²) in [5, 5.41) is 5.12. The highest BCUT2D eigenvalue weighted by molar-refractivity contribution is 6.08. The van der Waals surface area contributed by atoms with E-state index < -0.39 is 23.6 Å². The second-order valence-electron chi connectivity index (χ2n) is 5.93. The average molecular weight is 384 g/mol. The molecule has 28 heavy (non-hydrogen) atoms. The van der Waals surface area contributed by atoms with Gasteiger partial charge in [0.1, 0.15) is 0 Å². The molecule has 3 aromatic carbocycles. The molecular formula is C21H15F3N2O2. The van der Waals surface area contributed by atoms with Crippen molar-refractivity contribution in [3.63, 3.8) is 0 Å². The number of para-hydroxylation sites is 1. The van der Waals surface area contributed by atoms with Crippen LogP contribution >= 0.6 is 0 Å². The standard InChI is InChI=1S/C21H15F3N2O2/c22-21(23,24)16-8-5-11-18(13-16)26-20(28)15-7-4-6-14(12-15)19(27)25-17-9-2-1-3-10-17/h1-13H,(H,25,27)(H,26,28). The number of amides is 2. The van der Waals surface area contributed by atoms with Crippen molar-refractivity contribution in [3.8, 4) is 0 Å². The van der Waals surface area contributed by atoms with Crippen LogP contribution in [0.4, 0.5) is 24.5 Å². The average Bonchev–Trinajstić information content (AvgIpc) is 2.68. The normalized spacial score (nSPS) is 11.0. The smallest absolute Gasteiger partial charge is 0.322 e. The zero-order chi connectivity index (χ0) is 20.1. The van der Waals surface area contributed by atoms with Gasteiger partial charge in [0.2, 0.25) is 0 Å². The molecule has 0 fully saturated rings. The molecule has 0 aliphatic rings. The quantitative estimate of drug-likeness (QED) is 0.649. The van der Waals surface area contributed by atoms with Gasteiger partial charge in [-0.3, -0.25) is 9.59 Å². The molecule has 0 radical (unpaired) electrons. The van der Waals surface area contributed by atoms with Gasteiger partial charge in [-0.15, -0.1) is 0 Å². The number of carbonyl (C=O) groups excluding carboxylic acids is 2. The minimum atomic E-state index is -4.50. The first-order chi connectivity index (χ1) is 13.3. The van der Waals surface area contributed by atoms with Crippen molar-refractivity contribution < 1.29 is 22.8 Å². The fraction of sp³-hybridized carbons (Fsp3) is 0.0476. The van der Waals surface area contributed by atoms with Crippen LogP contribution in [0.3, 0.4) is 0 Å². The summed E-state index contributed by atoms with van der Waals surface area (Å²) >= 11 is 0. The number of alkyl halides is 3. The molecule has 0 atom stereocenters. The highest BCUT2D eigenvalue weighted by Crippen LogP contribution is 2.30. The Hall–Kier alpha value is -3.61. The molecule has 0 spiro atoms. The van der Waals surface area contributed by atoms with Gasteiger partial charge in [0.15, 0.2) is 0 Å². The molecule has 2 N–H and O–H groups in total. The fourth-order valence-corrected chi connectivity index (χ4v) is 2.50. The summed E-state index contributed by atoms with van der Waals surface area (Å²) in [5.41, 5.74) is 0.158. The SMILES string of the molecule is O=C(Nc1ccccc1)c1cccc(C(=O)Nc2cccc(C(F)(F)F)c2)c1. The fourth-order valence-electron chi connectivity index (χ4n) is 2.50. The van der Waals surface area contributed by atoms with Crippen molar-refractivity contribution in [2.24, 2.45) is 0 Å². The first kappa shape index (κ1) is 19.2. The molecule has 0 aliphatic carbocycles. The van der Waals surface area contributed by atoms with E-state index in [1.54, 1.807) is 30.3 Å². The highest BCUT2D eigenvalue weighted by atomic mass is 19.4. The van der Waals surface area contributed by atoms with E-state index in [0.29, 0.717) is 5.69 Å². The summed E-state index contributed by atoms with van der Waals surface area (Å²) in [6, 6.07) is 19.1. The Morgan fingerprint density at radius 2 is 1.18 bits per heavy atom. The summed E-state index contributed by atoms with van der Waals surface area (Å²) in [6.07, 6.45) is -4.50. The third-order valence-electron chi connectivity index (χ3n) is 3.87. The first-order valence-corrected chi connectivity index (χ1v) is 8.28. The molecular weight excluding hydrogens is 369 g/mol. The molecule has 4 nitrogen and oxygen atoms in total. The number of hydrogen-bond donors (Lipinski definition) is 2. The lowest BCUT2D eigenvalue weighted by Crippen LogP contribution is -2.16. The lowest BCUT2D eigenvalue weighted by molar-refractivity contribution is -0.137. The maximum atomic E-state index is 12.8. The third kappa shape index (κ3) is 4.76. The van der Waals surface area contributed by atoms with Crippen LogP contribution < -0.4 is 10.6 Å². The maximum absolute atomic E-state index is 12.8. The number of benzene rings is 3. The minimum absolute atomic E-state index is 0.0129. The molecule has 3 aromatic rings. The monoisotopic (exact) mass is 384 g/mol. The van der Waals surface area contributed by atoms with E-state index in [4.69, 9.17) is 0 Å². The van der Waals surface area contributed by atoms with Crippen LogP contribution in [-0.2, 0) is 6.18 Å². The van der Waals surface area contributed by atoms with Gasteiger partial charge in [-0.05, 0) is 48.5 Å². The van der Waals surface area contributed by atoms with Crippen molar-refractivity contribution in [2.45, 2.75) is 6.18 Å². The van der Waals surface area contributed by atoms with Crippen molar-refractivity contribution in [1.82, 2.24) is 0 Å². The Balaban J connectivity index is 1.75. The first-order valence-electron chi connectivity index (χ1n) is 8.28. The Morgan fingerprint density at radius 1 is 0.643 bits per heavy atom. The molecule has 3 rings (SSSR count). The summed E-state index contributed by atoms with van der Waals surface area (Å²) < 4.78 is 38.4. The van der Waals surface area contributed by atoms with E-state index in [9.17, 15) is 22.8 Å². The summed E-state index contributed by atoms with van der Waals surface area (Å²) in [4.78, 5) is 24.7. The van der Waals surface area contributed by atoms with E-state index in [1.807, 2.05) is 6.07 Å². The predicted octanol–water partition coefficient (Wildman–Crippen LogP) is 5.21. The molecule has 0 saturated carbocycles. The number of rotatable bonds is 4. The van der Waals surface area contributed by atoms with Crippen LogP contribution in [0.1, 0.15) is 26.3 Å². The number of nitrogens with one attached hydrogen (secondary N) is 2. The van der Waals surface area contributed by atoms with Gasteiger partial charge < -0.3 is 10.6 Å². The van der Waals surface area contributed by atoms with Crippen LogP contribution in [0, 0.1) is 0 Å². The highest BCUT2D eigenvalue weighted by Gasteiger charge is 2.30. The van der Waals surface area contributed by atoms with Crippen LogP contribution in [0.5, 0.6) is 0 Å². The van der Waals surface area contributed by atoms with Gasteiger partial charge in [-0.25, -0.2) is 0 Å². The van der Waals surface area contributed by atoms with Crippen molar-refractivity contribution in [3.05, 3.63) is 95.6 Å². The predicted molar refractivity (Wildman–Crippen MR) is 100 cm³/mol. The zero-order valence-electron chi connectivity index (χ0n) is 14.5. The van der Waals surface area contributed by atoms with E-state index >= 15 is 0 Å². The molecule has 0 unspecified atom stereocenters. The van der Waals surface area contributed by atoms with E-state index in [-0.39, 0.29) is 16.8 Å². The number of anilines is 2. The lowest BCUT2D eigenvalue weighted by atomic mass is 10.1. The summed E-state index contributed by atoms with van der Waals surface area (Å²) in [7, 11) is 0. The third-order valence-corrected chi connectivity index (χ3v) is 3.87. The number of halogens is 3. The van der Waals surface area contributed by atoms with E-state index in [1.165, 1.54) is 30.3 Å². The summed E-state index contributed by atoms with van der Waals surface area (Å²) in [5.74, 6) is -1.02. The van der Waals surface area contributed by atoms with Gasteiger partial charge in [0.05, 0.1) is 5.56 Å². The van der Waals surface area contributed by atoms with E-state index in [0.717, 1.165) is 12.1 Å². The second kappa shape index (κ2) is 7.96. The molecule has 7 heteroatoms. The van der Waals surface area contributed by atoms with Gasteiger partial charge >= 0.3 is 6.18 Å². The Labute approximate surface area is 159 Å².